The normalized spacial score (nSPS) is 14.1. The first-order valence-corrected chi connectivity index (χ1v) is 6.31. The van der Waals surface area contributed by atoms with Gasteiger partial charge in [-0.25, -0.2) is 0 Å². The summed E-state index contributed by atoms with van der Waals surface area (Å²) in [5.74, 6) is 0. The first kappa shape index (κ1) is 14.5. The summed E-state index contributed by atoms with van der Waals surface area (Å²) < 4.78 is 0. The number of benzene rings is 1. The van der Waals surface area contributed by atoms with E-state index in [1.807, 2.05) is 18.2 Å². The second-order valence-electron chi connectivity index (χ2n) is 5.43. The Labute approximate surface area is 109 Å². The highest BCUT2D eigenvalue weighted by Gasteiger charge is 2.23. The van der Waals surface area contributed by atoms with Crippen molar-refractivity contribution < 1.29 is 5.11 Å². The predicted octanol–water partition coefficient (Wildman–Crippen LogP) is 3.35. The van der Waals surface area contributed by atoms with Crippen molar-refractivity contribution in [2.45, 2.75) is 26.8 Å². The van der Waals surface area contributed by atoms with Crippen molar-refractivity contribution in [2.75, 3.05) is 20.2 Å². The number of hydrogen-bond acceptors (Lipinski definition) is 2. The molecule has 1 unspecified atom stereocenters. The van der Waals surface area contributed by atoms with E-state index in [-0.39, 0.29) is 18.1 Å². The lowest BCUT2D eigenvalue weighted by molar-refractivity contribution is 0.0986. The number of rotatable bonds is 5. The zero-order valence-corrected chi connectivity index (χ0v) is 11.8. The van der Waals surface area contributed by atoms with Crippen LogP contribution < -0.4 is 0 Å². The third-order valence-corrected chi connectivity index (χ3v) is 3.47. The van der Waals surface area contributed by atoms with Crippen molar-refractivity contribution in [1.29, 1.82) is 0 Å². The van der Waals surface area contributed by atoms with Gasteiger partial charge in [0.15, 0.2) is 0 Å². The Hall–Kier alpha value is -0.570. The van der Waals surface area contributed by atoms with E-state index >= 15 is 0 Å². The van der Waals surface area contributed by atoms with Crippen molar-refractivity contribution in [3.63, 3.8) is 0 Å². The van der Waals surface area contributed by atoms with Crippen LogP contribution >= 0.6 is 11.6 Å². The fourth-order valence-corrected chi connectivity index (χ4v) is 2.21. The zero-order chi connectivity index (χ0) is 13.1. The van der Waals surface area contributed by atoms with Gasteiger partial charge >= 0.3 is 0 Å². The molecule has 0 aliphatic rings. The van der Waals surface area contributed by atoms with Crippen LogP contribution in [0.2, 0.25) is 5.02 Å². The monoisotopic (exact) mass is 255 g/mol. The van der Waals surface area contributed by atoms with E-state index in [1.54, 1.807) is 0 Å². The second kappa shape index (κ2) is 5.85. The lowest BCUT2D eigenvalue weighted by Gasteiger charge is -2.33. The van der Waals surface area contributed by atoms with Gasteiger partial charge in [0.1, 0.15) is 0 Å². The Bertz CT molecular complexity index is 365. The standard InChI is InChI=1S/C14H22ClNO/c1-11(12-7-5-6-8-13(12)15)16(4)9-14(2,3)10-17/h5-8,11,17H,9-10H2,1-4H3. The number of aliphatic hydroxyl groups is 1. The highest BCUT2D eigenvalue weighted by atomic mass is 35.5. The van der Waals surface area contributed by atoms with Gasteiger partial charge in [0.2, 0.25) is 0 Å². The van der Waals surface area contributed by atoms with Crippen LogP contribution in [-0.2, 0) is 0 Å². The first-order valence-electron chi connectivity index (χ1n) is 5.93. The maximum Gasteiger partial charge on any atom is 0.0494 e. The Balaban J connectivity index is 2.77. The molecule has 0 radical (unpaired) electrons. The first-order chi connectivity index (χ1) is 7.87. The van der Waals surface area contributed by atoms with E-state index < -0.39 is 0 Å². The van der Waals surface area contributed by atoms with Crippen molar-refractivity contribution in [3.05, 3.63) is 34.9 Å². The molecule has 1 aromatic carbocycles. The molecule has 0 aromatic heterocycles. The number of aliphatic hydroxyl groups excluding tert-OH is 1. The quantitative estimate of drug-likeness (QED) is 0.872. The van der Waals surface area contributed by atoms with E-state index in [0.717, 1.165) is 17.1 Å². The molecule has 3 heteroatoms. The van der Waals surface area contributed by atoms with Crippen molar-refractivity contribution >= 4 is 11.6 Å². The molecule has 96 valence electrons. The molecule has 0 saturated carbocycles. The Morgan fingerprint density at radius 2 is 1.94 bits per heavy atom. The van der Waals surface area contributed by atoms with E-state index in [4.69, 9.17) is 11.6 Å². The van der Waals surface area contributed by atoms with Gasteiger partial charge in [-0.05, 0) is 25.6 Å². The SMILES string of the molecule is CC(c1ccccc1Cl)N(C)CC(C)(C)CO. The molecule has 0 heterocycles. The number of hydrogen-bond donors (Lipinski definition) is 1. The fourth-order valence-electron chi connectivity index (χ4n) is 1.91. The molecule has 1 atom stereocenters. The van der Waals surface area contributed by atoms with Gasteiger partial charge in [-0.3, -0.25) is 4.90 Å². The molecule has 1 N–H and O–H groups in total. The summed E-state index contributed by atoms with van der Waals surface area (Å²) >= 11 is 6.19. The van der Waals surface area contributed by atoms with Crippen LogP contribution in [0.3, 0.4) is 0 Å². The number of halogens is 1. The van der Waals surface area contributed by atoms with Gasteiger partial charge in [-0.15, -0.1) is 0 Å². The molecule has 0 fully saturated rings. The molecule has 0 saturated heterocycles. The van der Waals surface area contributed by atoms with Crippen LogP contribution in [0.4, 0.5) is 0 Å². The average molecular weight is 256 g/mol. The van der Waals surface area contributed by atoms with E-state index in [1.165, 1.54) is 0 Å². The third kappa shape index (κ3) is 3.98. The molecular weight excluding hydrogens is 234 g/mol. The maximum absolute atomic E-state index is 9.30. The molecule has 0 bridgehead atoms. The van der Waals surface area contributed by atoms with E-state index in [0.29, 0.717) is 0 Å². The molecule has 2 nitrogen and oxygen atoms in total. The highest BCUT2D eigenvalue weighted by molar-refractivity contribution is 6.31. The summed E-state index contributed by atoms with van der Waals surface area (Å²) in [5, 5.41) is 10.1. The van der Waals surface area contributed by atoms with Crippen LogP contribution in [0.1, 0.15) is 32.4 Å². The molecule has 0 aliphatic heterocycles. The minimum absolute atomic E-state index is 0.0930. The van der Waals surface area contributed by atoms with Gasteiger partial charge in [0, 0.05) is 29.6 Å². The third-order valence-electron chi connectivity index (χ3n) is 3.12. The summed E-state index contributed by atoms with van der Waals surface area (Å²) in [7, 11) is 2.06. The van der Waals surface area contributed by atoms with Gasteiger partial charge in [0.25, 0.3) is 0 Å². The van der Waals surface area contributed by atoms with Crippen LogP contribution in [0, 0.1) is 5.41 Å². The lowest BCUT2D eigenvalue weighted by Crippen LogP contribution is -2.35. The Morgan fingerprint density at radius 3 is 2.47 bits per heavy atom. The van der Waals surface area contributed by atoms with Gasteiger partial charge < -0.3 is 5.11 Å². The summed E-state index contributed by atoms with van der Waals surface area (Å²) in [6.07, 6.45) is 0. The highest BCUT2D eigenvalue weighted by Crippen LogP contribution is 2.28. The second-order valence-corrected chi connectivity index (χ2v) is 5.84. The van der Waals surface area contributed by atoms with E-state index in [9.17, 15) is 5.11 Å². The topological polar surface area (TPSA) is 23.5 Å². The molecular formula is C14H22ClNO. The summed E-state index contributed by atoms with van der Waals surface area (Å²) in [6, 6.07) is 8.15. The minimum atomic E-state index is -0.0930. The van der Waals surface area contributed by atoms with Gasteiger partial charge in [-0.1, -0.05) is 43.6 Å². The average Bonchev–Trinajstić information content (AvgIpc) is 2.28. The summed E-state index contributed by atoms with van der Waals surface area (Å²) in [4.78, 5) is 2.22. The van der Waals surface area contributed by atoms with Crippen molar-refractivity contribution in [3.8, 4) is 0 Å². The Morgan fingerprint density at radius 1 is 1.35 bits per heavy atom. The molecule has 17 heavy (non-hydrogen) atoms. The largest absolute Gasteiger partial charge is 0.396 e. The van der Waals surface area contributed by atoms with Crippen LogP contribution in [0.15, 0.2) is 24.3 Å². The van der Waals surface area contributed by atoms with Crippen molar-refractivity contribution in [1.82, 2.24) is 4.90 Å². The van der Waals surface area contributed by atoms with Crippen LogP contribution in [0.25, 0.3) is 0 Å². The predicted molar refractivity (Wildman–Crippen MR) is 73.4 cm³/mol. The van der Waals surface area contributed by atoms with Crippen molar-refractivity contribution in [2.24, 2.45) is 5.41 Å². The maximum atomic E-state index is 9.30. The Kier molecular flexibility index (Phi) is 4.99. The van der Waals surface area contributed by atoms with Gasteiger partial charge in [-0.2, -0.15) is 0 Å². The molecule has 0 spiro atoms. The van der Waals surface area contributed by atoms with Crippen LogP contribution in [-0.4, -0.2) is 30.2 Å². The van der Waals surface area contributed by atoms with Gasteiger partial charge in [0.05, 0.1) is 0 Å². The molecule has 0 aliphatic carbocycles. The smallest absolute Gasteiger partial charge is 0.0494 e. The van der Waals surface area contributed by atoms with E-state index in [2.05, 4.69) is 38.8 Å². The van der Waals surface area contributed by atoms with Crippen LogP contribution in [0.5, 0.6) is 0 Å². The minimum Gasteiger partial charge on any atom is -0.396 e. The lowest BCUT2D eigenvalue weighted by atomic mass is 9.93. The molecule has 0 amide bonds. The number of nitrogens with zero attached hydrogens (tertiary/aromatic N) is 1. The summed E-state index contributed by atoms with van der Waals surface area (Å²) in [5.41, 5.74) is 1.04. The fraction of sp³-hybridized carbons (Fsp3) is 0.571. The molecule has 1 rings (SSSR count). The zero-order valence-electron chi connectivity index (χ0n) is 11.1. The summed E-state index contributed by atoms with van der Waals surface area (Å²) in [6.45, 7) is 7.27. The molecule has 1 aromatic rings.